The highest BCUT2D eigenvalue weighted by Gasteiger charge is 2.27. The minimum atomic E-state index is -0.713. The molecular formula is C22H18N6O3. The standard InChI is InChI=1S/C22H18N6O3/c29-22(19-12-30-17-3-1-2-4-18(17)31-19)27-16-7-5-15(6-8-16)26-20-11-21(25-13-24-20)28-10-9-23-14-28/h1-11,13-14,19H,12H2,(H,27,29)(H,24,25,26)/t19-/m0/s1. The Labute approximate surface area is 177 Å². The number of aromatic nitrogens is 4. The molecule has 1 aliphatic rings. The summed E-state index contributed by atoms with van der Waals surface area (Å²) >= 11 is 0. The van der Waals surface area contributed by atoms with E-state index in [4.69, 9.17) is 9.47 Å². The van der Waals surface area contributed by atoms with E-state index in [0.717, 1.165) is 5.69 Å². The van der Waals surface area contributed by atoms with Gasteiger partial charge in [-0.05, 0) is 36.4 Å². The lowest BCUT2D eigenvalue weighted by Gasteiger charge is -2.25. The van der Waals surface area contributed by atoms with Crippen LogP contribution >= 0.6 is 0 Å². The second kappa shape index (κ2) is 8.15. The summed E-state index contributed by atoms with van der Waals surface area (Å²) in [4.78, 5) is 25.0. The number of carbonyl (C=O) groups excluding carboxylic acids is 1. The van der Waals surface area contributed by atoms with E-state index >= 15 is 0 Å². The third-order valence-corrected chi connectivity index (χ3v) is 4.65. The number of fused-ring (bicyclic) bond motifs is 1. The van der Waals surface area contributed by atoms with Crippen molar-refractivity contribution in [2.24, 2.45) is 0 Å². The van der Waals surface area contributed by atoms with Crippen molar-refractivity contribution >= 4 is 23.1 Å². The van der Waals surface area contributed by atoms with Crippen LogP contribution in [-0.4, -0.2) is 38.1 Å². The Balaban J connectivity index is 1.22. The first-order valence-corrected chi connectivity index (χ1v) is 9.61. The minimum Gasteiger partial charge on any atom is -0.485 e. The van der Waals surface area contributed by atoms with Gasteiger partial charge in [0.2, 0.25) is 6.10 Å². The van der Waals surface area contributed by atoms with Gasteiger partial charge in [-0.25, -0.2) is 15.0 Å². The maximum atomic E-state index is 12.5. The van der Waals surface area contributed by atoms with Crippen LogP contribution in [0.4, 0.5) is 17.2 Å². The maximum absolute atomic E-state index is 12.5. The van der Waals surface area contributed by atoms with E-state index < -0.39 is 6.10 Å². The molecule has 0 fully saturated rings. The van der Waals surface area contributed by atoms with E-state index in [1.54, 1.807) is 35.3 Å². The van der Waals surface area contributed by atoms with Crippen molar-refractivity contribution in [2.75, 3.05) is 17.2 Å². The molecule has 2 N–H and O–H groups in total. The molecule has 0 aliphatic carbocycles. The van der Waals surface area contributed by atoms with Gasteiger partial charge >= 0.3 is 0 Å². The van der Waals surface area contributed by atoms with Crippen molar-refractivity contribution in [2.45, 2.75) is 6.10 Å². The van der Waals surface area contributed by atoms with E-state index in [9.17, 15) is 4.79 Å². The number of carbonyl (C=O) groups is 1. The van der Waals surface area contributed by atoms with Gasteiger partial charge in [-0.15, -0.1) is 0 Å². The lowest BCUT2D eigenvalue weighted by Crippen LogP contribution is -2.40. The molecule has 154 valence electrons. The highest BCUT2D eigenvalue weighted by atomic mass is 16.6. The number of anilines is 3. The molecule has 31 heavy (non-hydrogen) atoms. The Morgan fingerprint density at radius 3 is 2.65 bits per heavy atom. The quantitative estimate of drug-likeness (QED) is 0.517. The van der Waals surface area contributed by atoms with Crippen LogP contribution in [0.15, 0.2) is 79.6 Å². The monoisotopic (exact) mass is 414 g/mol. The van der Waals surface area contributed by atoms with E-state index in [-0.39, 0.29) is 12.5 Å². The molecule has 0 saturated heterocycles. The van der Waals surface area contributed by atoms with Crippen LogP contribution in [0.1, 0.15) is 0 Å². The average molecular weight is 414 g/mol. The summed E-state index contributed by atoms with van der Waals surface area (Å²) in [6.07, 6.45) is 5.93. The topological polar surface area (TPSA) is 103 Å². The van der Waals surface area contributed by atoms with Crippen LogP contribution in [0.25, 0.3) is 5.82 Å². The molecule has 5 rings (SSSR count). The lowest BCUT2D eigenvalue weighted by atomic mass is 10.2. The molecule has 3 heterocycles. The van der Waals surface area contributed by atoms with Crippen LogP contribution in [0.5, 0.6) is 11.5 Å². The van der Waals surface area contributed by atoms with Gasteiger partial charge in [0, 0.05) is 29.8 Å². The summed E-state index contributed by atoms with van der Waals surface area (Å²) in [7, 11) is 0. The summed E-state index contributed by atoms with van der Waals surface area (Å²) in [5, 5.41) is 6.07. The van der Waals surface area contributed by atoms with Crippen molar-refractivity contribution in [3.8, 4) is 17.3 Å². The molecule has 1 atom stereocenters. The summed E-state index contributed by atoms with van der Waals surface area (Å²) in [5.74, 6) is 2.28. The van der Waals surface area contributed by atoms with Gasteiger partial charge in [-0.1, -0.05) is 12.1 Å². The van der Waals surface area contributed by atoms with Gasteiger partial charge in [-0.2, -0.15) is 0 Å². The fraction of sp³-hybridized carbons (Fsp3) is 0.0909. The van der Waals surface area contributed by atoms with Crippen LogP contribution < -0.4 is 20.1 Å². The fourth-order valence-corrected chi connectivity index (χ4v) is 3.11. The SMILES string of the molecule is O=C(Nc1ccc(Nc2cc(-n3ccnc3)ncn2)cc1)[C@@H]1COc2ccccc2O1. The van der Waals surface area contributed by atoms with Crippen molar-refractivity contribution in [3.05, 3.63) is 79.6 Å². The van der Waals surface area contributed by atoms with Crippen molar-refractivity contribution < 1.29 is 14.3 Å². The number of hydrogen-bond donors (Lipinski definition) is 2. The van der Waals surface area contributed by atoms with E-state index in [1.807, 2.05) is 42.6 Å². The molecule has 0 radical (unpaired) electrons. The van der Waals surface area contributed by atoms with Crippen LogP contribution in [-0.2, 0) is 4.79 Å². The molecular weight excluding hydrogens is 396 g/mol. The molecule has 4 aromatic rings. The minimum absolute atomic E-state index is 0.162. The Kier molecular flexibility index (Phi) is 4.89. The molecule has 2 aromatic carbocycles. The predicted octanol–water partition coefficient (Wildman–Crippen LogP) is 3.18. The summed E-state index contributed by atoms with van der Waals surface area (Å²) in [6, 6.07) is 16.4. The van der Waals surface area contributed by atoms with E-state index in [0.29, 0.717) is 28.8 Å². The Bertz CT molecular complexity index is 1190. The van der Waals surface area contributed by atoms with Crippen LogP contribution in [0.2, 0.25) is 0 Å². The zero-order valence-corrected chi connectivity index (χ0v) is 16.3. The molecule has 0 unspecified atom stereocenters. The van der Waals surface area contributed by atoms with Crippen molar-refractivity contribution in [1.29, 1.82) is 0 Å². The number of rotatable bonds is 5. The molecule has 1 amide bonds. The number of ether oxygens (including phenoxy) is 2. The predicted molar refractivity (Wildman–Crippen MR) is 114 cm³/mol. The van der Waals surface area contributed by atoms with Crippen molar-refractivity contribution in [1.82, 2.24) is 19.5 Å². The summed E-state index contributed by atoms with van der Waals surface area (Å²) in [6.45, 7) is 0.162. The number of amides is 1. The second-order valence-electron chi connectivity index (χ2n) is 6.79. The summed E-state index contributed by atoms with van der Waals surface area (Å²) in [5.41, 5.74) is 1.47. The molecule has 9 nitrogen and oxygen atoms in total. The Morgan fingerprint density at radius 1 is 1.03 bits per heavy atom. The number of hydrogen-bond acceptors (Lipinski definition) is 7. The normalized spacial score (nSPS) is 14.6. The van der Waals surface area contributed by atoms with Gasteiger partial charge in [0.05, 0.1) is 0 Å². The van der Waals surface area contributed by atoms with Gasteiger partial charge in [0.15, 0.2) is 11.5 Å². The number of benzene rings is 2. The van der Waals surface area contributed by atoms with Gasteiger partial charge in [0.25, 0.3) is 5.91 Å². The second-order valence-corrected chi connectivity index (χ2v) is 6.79. The van der Waals surface area contributed by atoms with Crippen LogP contribution in [0, 0.1) is 0 Å². The van der Waals surface area contributed by atoms with E-state index in [2.05, 4.69) is 25.6 Å². The average Bonchev–Trinajstić information content (AvgIpc) is 3.35. The molecule has 0 saturated carbocycles. The molecule has 0 spiro atoms. The molecule has 9 heteroatoms. The number of para-hydroxylation sites is 2. The van der Waals surface area contributed by atoms with Gasteiger partial charge < -0.3 is 20.1 Å². The first kappa shape index (κ1) is 18.6. The molecule has 2 aromatic heterocycles. The highest BCUT2D eigenvalue weighted by Crippen LogP contribution is 2.31. The number of nitrogens with zero attached hydrogens (tertiary/aromatic N) is 4. The molecule has 1 aliphatic heterocycles. The number of imidazole rings is 1. The third kappa shape index (κ3) is 4.15. The van der Waals surface area contributed by atoms with Crippen molar-refractivity contribution in [3.63, 3.8) is 0 Å². The van der Waals surface area contributed by atoms with Crippen LogP contribution in [0.3, 0.4) is 0 Å². The zero-order chi connectivity index (χ0) is 21.0. The Morgan fingerprint density at radius 2 is 1.84 bits per heavy atom. The smallest absolute Gasteiger partial charge is 0.269 e. The molecule has 0 bridgehead atoms. The highest BCUT2D eigenvalue weighted by molar-refractivity contribution is 5.94. The third-order valence-electron chi connectivity index (χ3n) is 4.65. The lowest BCUT2D eigenvalue weighted by molar-refractivity contribution is -0.125. The Hall–Kier alpha value is -4.40. The van der Waals surface area contributed by atoms with E-state index in [1.165, 1.54) is 6.33 Å². The summed E-state index contributed by atoms with van der Waals surface area (Å²) < 4.78 is 13.1. The first-order chi connectivity index (χ1) is 15.2. The van der Waals surface area contributed by atoms with Gasteiger partial charge in [0.1, 0.15) is 30.9 Å². The number of nitrogens with one attached hydrogen (secondary N) is 2. The first-order valence-electron chi connectivity index (χ1n) is 9.61. The largest absolute Gasteiger partial charge is 0.485 e. The zero-order valence-electron chi connectivity index (χ0n) is 16.3. The maximum Gasteiger partial charge on any atom is 0.269 e. The fourth-order valence-electron chi connectivity index (χ4n) is 3.11. The van der Waals surface area contributed by atoms with Gasteiger partial charge in [-0.3, -0.25) is 9.36 Å².